The maximum atomic E-state index is 13.2. The molecular weight excluding hydrogens is 269 g/mol. The highest BCUT2D eigenvalue weighted by molar-refractivity contribution is 5.76. The number of hydrogen-bond donors (Lipinski definition) is 2. The quantitative estimate of drug-likeness (QED) is 0.832. The third kappa shape index (κ3) is 5.44. The average Bonchev–Trinajstić information content (AvgIpc) is 2.48. The lowest BCUT2D eigenvalue weighted by molar-refractivity contribution is -0.121. The molecule has 1 unspecified atom stereocenters. The van der Waals surface area contributed by atoms with Crippen LogP contribution >= 0.6 is 0 Å². The zero-order valence-electron chi connectivity index (χ0n) is 12.6. The van der Waals surface area contributed by atoms with Crippen molar-refractivity contribution in [3.05, 3.63) is 35.6 Å². The SMILES string of the molecule is CC(CC(=O)NCCN1CCNCC1)c1cccc(F)c1. The van der Waals surface area contributed by atoms with Gasteiger partial charge in [-0.3, -0.25) is 9.69 Å². The van der Waals surface area contributed by atoms with Crippen LogP contribution in [0, 0.1) is 5.82 Å². The summed E-state index contributed by atoms with van der Waals surface area (Å²) in [7, 11) is 0. The molecule has 1 saturated heterocycles. The van der Waals surface area contributed by atoms with Gasteiger partial charge in [-0.2, -0.15) is 0 Å². The van der Waals surface area contributed by atoms with E-state index in [-0.39, 0.29) is 17.6 Å². The number of halogens is 1. The maximum Gasteiger partial charge on any atom is 0.220 e. The Bertz CT molecular complexity index is 461. The van der Waals surface area contributed by atoms with Crippen LogP contribution < -0.4 is 10.6 Å². The van der Waals surface area contributed by atoms with E-state index >= 15 is 0 Å². The van der Waals surface area contributed by atoms with Crippen molar-refractivity contribution in [1.82, 2.24) is 15.5 Å². The molecule has 1 fully saturated rings. The molecule has 0 radical (unpaired) electrons. The van der Waals surface area contributed by atoms with Crippen LogP contribution in [0.2, 0.25) is 0 Å². The minimum Gasteiger partial charge on any atom is -0.355 e. The van der Waals surface area contributed by atoms with Gasteiger partial charge in [0.25, 0.3) is 0 Å². The van der Waals surface area contributed by atoms with Crippen molar-refractivity contribution in [3.63, 3.8) is 0 Å². The van der Waals surface area contributed by atoms with Crippen molar-refractivity contribution >= 4 is 5.91 Å². The molecule has 1 atom stereocenters. The first-order valence-corrected chi connectivity index (χ1v) is 7.60. The van der Waals surface area contributed by atoms with Gasteiger partial charge in [-0.25, -0.2) is 4.39 Å². The molecule has 2 N–H and O–H groups in total. The van der Waals surface area contributed by atoms with Crippen LogP contribution in [0.25, 0.3) is 0 Å². The number of amides is 1. The third-order valence-electron chi connectivity index (χ3n) is 3.87. The molecule has 21 heavy (non-hydrogen) atoms. The summed E-state index contributed by atoms with van der Waals surface area (Å²) in [6.45, 7) is 7.63. The molecule has 2 rings (SSSR count). The number of carbonyl (C=O) groups is 1. The zero-order chi connectivity index (χ0) is 15.1. The number of hydrogen-bond acceptors (Lipinski definition) is 3. The minimum absolute atomic E-state index is 0.0277. The van der Waals surface area contributed by atoms with Gasteiger partial charge in [0.15, 0.2) is 0 Å². The molecule has 4 nitrogen and oxygen atoms in total. The Labute approximate surface area is 125 Å². The first-order valence-electron chi connectivity index (χ1n) is 7.60. The molecule has 1 heterocycles. The molecule has 1 aromatic rings. The highest BCUT2D eigenvalue weighted by atomic mass is 19.1. The first-order chi connectivity index (χ1) is 10.1. The average molecular weight is 293 g/mol. The van der Waals surface area contributed by atoms with Gasteiger partial charge in [0.2, 0.25) is 5.91 Å². The Morgan fingerprint density at radius 1 is 1.43 bits per heavy atom. The second-order valence-electron chi connectivity index (χ2n) is 5.60. The summed E-state index contributed by atoms with van der Waals surface area (Å²) >= 11 is 0. The van der Waals surface area contributed by atoms with Gasteiger partial charge in [-0.1, -0.05) is 19.1 Å². The summed E-state index contributed by atoms with van der Waals surface area (Å²) in [6, 6.07) is 6.47. The van der Waals surface area contributed by atoms with E-state index in [1.165, 1.54) is 12.1 Å². The monoisotopic (exact) mass is 293 g/mol. The number of benzene rings is 1. The Morgan fingerprint density at radius 2 is 2.19 bits per heavy atom. The molecule has 1 aliphatic heterocycles. The first kappa shape index (κ1) is 15.9. The Morgan fingerprint density at radius 3 is 2.90 bits per heavy atom. The second kappa shape index (κ2) is 8.10. The van der Waals surface area contributed by atoms with E-state index < -0.39 is 0 Å². The van der Waals surface area contributed by atoms with Gasteiger partial charge >= 0.3 is 0 Å². The minimum atomic E-state index is -0.251. The number of nitrogens with zero attached hydrogens (tertiary/aromatic N) is 1. The molecule has 0 aromatic heterocycles. The van der Waals surface area contributed by atoms with Crippen LogP contribution in [-0.2, 0) is 4.79 Å². The van der Waals surface area contributed by atoms with E-state index in [4.69, 9.17) is 0 Å². The number of rotatable bonds is 6. The van der Waals surface area contributed by atoms with Crippen molar-refractivity contribution in [2.24, 2.45) is 0 Å². The summed E-state index contributed by atoms with van der Waals surface area (Å²) in [4.78, 5) is 14.3. The third-order valence-corrected chi connectivity index (χ3v) is 3.87. The molecule has 1 aliphatic rings. The fourth-order valence-corrected chi connectivity index (χ4v) is 2.57. The van der Waals surface area contributed by atoms with Crippen LogP contribution in [0.15, 0.2) is 24.3 Å². The van der Waals surface area contributed by atoms with Crippen molar-refractivity contribution < 1.29 is 9.18 Å². The van der Waals surface area contributed by atoms with Crippen molar-refractivity contribution in [3.8, 4) is 0 Å². The number of piperazine rings is 1. The fourth-order valence-electron chi connectivity index (χ4n) is 2.57. The predicted octanol–water partition coefficient (Wildman–Crippen LogP) is 1.34. The number of nitrogens with one attached hydrogen (secondary N) is 2. The largest absolute Gasteiger partial charge is 0.355 e. The summed E-state index contributed by atoms with van der Waals surface area (Å²) < 4.78 is 13.2. The van der Waals surface area contributed by atoms with Crippen LogP contribution in [-0.4, -0.2) is 50.1 Å². The molecule has 0 spiro atoms. The van der Waals surface area contributed by atoms with Crippen LogP contribution in [0.4, 0.5) is 4.39 Å². The van der Waals surface area contributed by atoms with Crippen molar-refractivity contribution in [1.29, 1.82) is 0 Å². The van der Waals surface area contributed by atoms with Gasteiger partial charge in [0.1, 0.15) is 5.82 Å². The second-order valence-corrected chi connectivity index (χ2v) is 5.60. The standard InChI is InChI=1S/C16H24FN3O/c1-13(14-3-2-4-15(17)12-14)11-16(21)19-7-10-20-8-5-18-6-9-20/h2-4,12-13,18H,5-11H2,1H3,(H,19,21). The molecule has 0 aliphatic carbocycles. The Balaban J connectivity index is 1.69. The summed E-state index contributed by atoms with van der Waals surface area (Å²) in [5, 5.41) is 6.25. The smallest absolute Gasteiger partial charge is 0.220 e. The summed E-state index contributed by atoms with van der Waals surface area (Å²) in [5.74, 6) is -0.194. The molecular formula is C16H24FN3O. The molecule has 0 bridgehead atoms. The molecule has 116 valence electrons. The van der Waals surface area contributed by atoms with E-state index in [9.17, 15) is 9.18 Å². The highest BCUT2D eigenvalue weighted by Crippen LogP contribution is 2.19. The lowest BCUT2D eigenvalue weighted by Gasteiger charge is -2.27. The van der Waals surface area contributed by atoms with Crippen LogP contribution in [0.3, 0.4) is 0 Å². The van der Waals surface area contributed by atoms with Gasteiger partial charge in [-0.05, 0) is 23.6 Å². The Hall–Kier alpha value is -1.46. The topological polar surface area (TPSA) is 44.4 Å². The van der Waals surface area contributed by atoms with E-state index in [1.807, 2.05) is 13.0 Å². The van der Waals surface area contributed by atoms with Gasteiger partial charge in [-0.15, -0.1) is 0 Å². The van der Waals surface area contributed by atoms with Gasteiger partial charge in [0, 0.05) is 45.7 Å². The Kier molecular flexibility index (Phi) is 6.14. The molecule has 1 aromatic carbocycles. The molecule has 5 heteroatoms. The lowest BCUT2D eigenvalue weighted by atomic mass is 9.97. The molecule has 0 saturated carbocycles. The molecule has 1 amide bonds. The van der Waals surface area contributed by atoms with Gasteiger partial charge in [0.05, 0.1) is 0 Å². The van der Waals surface area contributed by atoms with E-state index in [0.29, 0.717) is 13.0 Å². The van der Waals surface area contributed by atoms with Crippen LogP contribution in [0.1, 0.15) is 24.8 Å². The van der Waals surface area contributed by atoms with E-state index in [2.05, 4.69) is 15.5 Å². The van der Waals surface area contributed by atoms with E-state index in [1.54, 1.807) is 6.07 Å². The lowest BCUT2D eigenvalue weighted by Crippen LogP contribution is -2.46. The van der Waals surface area contributed by atoms with Crippen molar-refractivity contribution in [2.75, 3.05) is 39.3 Å². The maximum absolute atomic E-state index is 13.2. The van der Waals surface area contributed by atoms with E-state index in [0.717, 1.165) is 38.3 Å². The predicted molar refractivity (Wildman–Crippen MR) is 81.8 cm³/mol. The highest BCUT2D eigenvalue weighted by Gasteiger charge is 2.13. The number of carbonyl (C=O) groups excluding carboxylic acids is 1. The summed E-state index contributed by atoms with van der Waals surface area (Å²) in [5.41, 5.74) is 0.868. The van der Waals surface area contributed by atoms with Crippen LogP contribution in [0.5, 0.6) is 0 Å². The fraction of sp³-hybridized carbons (Fsp3) is 0.562. The van der Waals surface area contributed by atoms with Gasteiger partial charge < -0.3 is 10.6 Å². The normalized spacial score (nSPS) is 17.4. The summed E-state index contributed by atoms with van der Waals surface area (Å²) in [6.07, 6.45) is 0.394. The zero-order valence-corrected chi connectivity index (χ0v) is 12.6. The van der Waals surface area contributed by atoms with Crippen molar-refractivity contribution in [2.45, 2.75) is 19.3 Å².